The minimum atomic E-state index is -0.236. The lowest BCUT2D eigenvalue weighted by Gasteiger charge is -2.42. The Morgan fingerprint density at radius 2 is 2.14 bits per heavy atom. The highest BCUT2D eigenvalue weighted by atomic mass is 16.7. The van der Waals surface area contributed by atoms with Gasteiger partial charge in [0.05, 0.1) is 19.4 Å². The van der Waals surface area contributed by atoms with E-state index in [9.17, 15) is 0 Å². The molecule has 1 aliphatic carbocycles. The molecule has 0 radical (unpaired) electrons. The van der Waals surface area contributed by atoms with Crippen molar-refractivity contribution in [2.45, 2.75) is 24.5 Å². The van der Waals surface area contributed by atoms with E-state index in [-0.39, 0.29) is 5.79 Å². The number of nitrogens with zero attached hydrogens (tertiary/aromatic N) is 2. The molecular weight excluding hydrogens is 180 g/mol. The van der Waals surface area contributed by atoms with E-state index in [1.165, 1.54) is 5.56 Å². The molecule has 1 spiro atoms. The molecule has 14 heavy (non-hydrogen) atoms. The van der Waals surface area contributed by atoms with Crippen LogP contribution in [0.3, 0.4) is 0 Å². The Balaban J connectivity index is 1.69. The van der Waals surface area contributed by atoms with Gasteiger partial charge in [0.25, 0.3) is 0 Å². The van der Waals surface area contributed by atoms with Gasteiger partial charge >= 0.3 is 0 Å². The molecule has 0 amide bonds. The molecule has 0 unspecified atom stereocenters. The largest absolute Gasteiger partial charge is 0.347 e. The number of hydrogen-bond donors (Lipinski definition) is 0. The highest BCUT2D eigenvalue weighted by Crippen LogP contribution is 2.49. The van der Waals surface area contributed by atoms with Crippen LogP contribution in [-0.2, 0) is 16.5 Å². The van der Waals surface area contributed by atoms with Gasteiger partial charge in [-0.1, -0.05) is 0 Å². The predicted octanol–water partition coefficient (Wildman–Crippen LogP) is 1.04. The van der Waals surface area contributed by atoms with E-state index in [0.29, 0.717) is 5.92 Å². The summed E-state index contributed by atoms with van der Waals surface area (Å²) >= 11 is 0. The van der Waals surface area contributed by atoms with Gasteiger partial charge in [-0.05, 0) is 11.5 Å². The molecule has 0 bridgehead atoms. The third-order valence-corrected chi connectivity index (χ3v) is 3.12. The molecule has 1 saturated heterocycles. The summed E-state index contributed by atoms with van der Waals surface area (Å²) in [6.07, 6.45) is 5.98. The lowest BCUT2D eigenvalue weighted by atomic mass is 9.75. The van der Waals surface area contributed by atoms with Crippen LogP contribution in [0.25, 0.3) is 0 Å². The molecule has 1 aromatic heterocycles. The molecule has 0 aromatic carbocycles. The van der Waals surface area contributed by atoms with Gasteiger partial charge in [-0.3, -0.25) is 4.68 Å². The maximum absolute atomic E-state index is 5.59. The van der Waals surface area contributed by atoms with Crippen molar-refractivity contribution in [1.82, 2.24) is 9.78 Å². The van der Waals surface area contributed by atoms with Crippen LogP contribution < -0.4 is 0 Å². The predicted molar refractivity (Wildman–Crippen MR) is 49.8 cm³/mol. The molecular formula is C10H14N2O2. The first-order valence-corrected chi connectivity index (χ1v) is 5.04. The van der Waals surface area contributed by atoms with Gasteiger partial charge in [-0.25, -0.2) is 0 Å². The molecule has 4 heteroatoms. The summed E-state index contributed by atoms with van der Waals surface area (Å²) < 4.78 is 13.0. The smallest absolute Gasteiger partial charge is 0.169 e. The lowest BCUT2D eigenvalue weighted by Crippen LogP contribution is -2.43. The van der Waals surface area contributed by atoms with Gasteiger partial charge in [0.15, 0.2) is 5.79 Å². The van der Waals surface area contributed by atoms with Gasteiger partial charge < -0.3 is 9.47 Å². The van der Waals surface area contributed by atoms with E-state index >= 15 is 0 Å². The summed E-state index contributed by atoms with van der Waals surface area (Å²) in [5.41, 5.74) is 1.30. The van der Waals surface area contributed by atoms with Crippen LogP contribution in [0.1, 0.15) is 24.3 Å². The van der Waals surface area contributed by atoms with Gasteiger partial charge in [0, 0.05) is 26.1 Å². The molecule has 0 atom stereocenters. The summed E-state index contributed by atoms with van der Waals surface area (Å²) in [5.74, 6) is 0.336. The van der Waals surface area contributed by atoms with Crippen LogP contribution in [-0.4, -0.2) is 28.8 Å². The van der Waals surface area contributed by atoms with Gasteiger partial charge in [0.1, 0.15) is 0 Å². The molecule has 1 aromatic rings. The Bertz CT molecular complexity index is 334. The molecule has 1 saturated carbocycles. The van der Waals surface area contributed by atoms with E-state index in [4.69, 9.17) is 9.47 Å². The van der Waals surface area contributed by atoms with Crippen LogP contribution >= 0.6 is 0 Å². The van der Waals surface area contributed by atoms with Crippen LogP contribution in [0.2, 0.25) is 0 Å². The number of aryl methyl sites for hydroxylation is 1. The number of ether oxygens (including phenoxy) is 2. The molecule has 0 N–H and O–H groups in total. The van der Waals surface area contributed by atoms with Crippen molar-refractivity contribution >= 4 is 0 Å². The number of hydrogen-bond acceptors (Lipinski definition) is 3. The summed E-state index contributed by atoms with van der Waals surface area (Å²) in [6.45, 7) is 1.50. The third-order valence-electron chi connectivity index (χ3n) is 3.12. The average molecular weight is 194 g/mol. The topological polar surface area (TPSA) is 36.3 Å². The molecule has 76 valence electrons. The van der Waals surface area contributed by atoms with Gasteiger partial charge in [-0.2, -0.15) is 5.10 Å². The first-order chi connectivity index (χ1) is 6.77. The number of rotatable bonds is 1. The highest BCUT2D eigenvalue weighted by molar-refractivity contribution is 5.17. The van der Waals surface area contributed by atoms with Crippen LogP contribution in [0.4, 0.5) is 0 Å². The maximum atomic E-state index is 5.59. The Morgan fingerprint density at radius 3 is 2.71 bits per heavy atom. The molecule has 2 fully saturated rings. The zero-order valence-electron chi connectivity index (χ0n) is 8.27. The first kappa shape index (κ1) is 8.44. The van der Waals surface area contributed by atoms with Crippen molar-refractivity contribution in [3.8, 4) is 0 Å². The second-order valence-electron chi connectivity index (χ2n) is 4.16. The normalized spacial score (nSPS) is 25.5. The van der Waals surface area contributed by atoms with Crippen LogP contribution in [0, 0.1) is 0 Å². The van der Waals surface area contributed by atoms with Crippen molar-refractivity contribution in [3.05, 3.63) is 18.0 Å². The summed E-state index contributed by atoms with van der Waals surface area (Å²) in [6, 6.07) is 0. The standard InChI is InChI=1S/C10H14N2O2/c1-12-7-9(6-11-12)8-4-10(5-8)13-2-3-14-10/h6-8H,2-5H2,1H3. The Kier molecular flexibility index (Phi) is 1.69. The molecule has 2 aliphatic rings. The molecule has 3 rings (SSSR count). The average Bonchev–Trinajstić information content (AvgIpc) is 2.68. The first-order valence-electron chi connectivity index (χ1n) is 5.04. The molecule has 1 aliphatic heterocycles. The van der Waals surface area contributed by atoms with E-state index in [0.717, 1.165) is 26.1 Å². The Morgan fingerprint density at radius 1 is 1.43 bits per heavy atom. The molecule has 2 heterocycles. The molecule has 4 nitrogen and oxygen atoms in total. The maximum Gasteiger partial charge on any atom is 0.169 e. The Hall–Kier alpha value is -0.870. The lowest BCUT2D eigenvalue weighted by molar-refractivity contribution is -0.215. The second-order valence-corrected chi connectivity index (χ2v) is 4.16. The fourth-order valence-electron chi connectivity index (χ4n) is 2.31. The van der Waals surface area contributed by atoms with Crippen LogP contribution in [0.5, 0.6) is 0 Å². The van der Waals surface area contributed by atoms with Crippen molar-refractivity contribution in [1.29, 1.82) is 0 Å². The van der Waals surface area contributed by atoms with E-state index in [2.05, 4.69) is 11.3 Å². The second kappa shape index (κ2) is 2.81. The van der Waals surface area contributed by atoms with Crippen molar-refractivity contribution in [2.75, 3.05) is 13.2 Å². The van der Waals surface area contributed by atoms with Gasteiger partial charge in [0.2, 0.25) is 0 Å². The van der Waals surface area contributed by atoms with Crippen molar-refractivity contribution < 1.29 is 9.47 Å². The SMILES string of the molecule is Cn1cc(C2CC3(C2)OCCO3)cn1. The van der Waals surface area contributed by atoms with Crippen LogP contribution in [0.15, 0.2) is 12.4 Å². The number of aromatic nitrogens is 2. The minimum absolute atomic E-state index is 0.236. The highest BCUT2D eigenvalue weighted by Gasteiger charge is 2.49. The quantitative estimate of drug-likeness (QED) is 0.670. The fraction of sp³-hybridized carbons (Fsp3) is 0.700. The fourth-order valence-corrected chi connectivity index (χ4v) is 2.31. The minimum Gasteiger partial charge on any atom is -0.347 e. The van der Waals surface area contributed by atoms with E-state index in [1.54, 1.807) is 0 Å². The van der Waals surface area contributed by atoms with Gasteiger partial charge in [-0.15, -0.1) is 0 Å². The summed E-state index contributed by atoms with van der Waals surface area (Å²) in [5, 5.41) is 4.17. The summed E-state index contributed by atoms with van der Waals surface area (Å²) in [7, 11) is 1.94. The third kappa shape index (κ3) is 1.18. The van der Waals surface area contributed by atoms with Crippen molar-refractivity contribution in [3.63, 3.8) is 0 Å². The monoisotopic (exact) mass is 194 g/mol. The van der Waals surface area contributed by atoms with E-state index < -0.39 is 0 Å². The van der Waals surface area contributed by atoms with Crippen molar-refractivity contribution in [2.24, 2.45) is 7.05 Å². The summed E-state index contributed by atoms with van der Waals surface area (Å²) in [4.78, 5) is 0. The zero-order chi connectivity index (χ0) is 9.60. The zero-order valence-corrected chi connectivity index (χ0v) is 8.27. The Labute approximate surface area is 82.8 Å². The van der Waals surface area contributed by atoms with E-state index in [1.807, 2.05) is 17.9 Å².